The lowest BCUT2D eigenvalue weighted by Crippen LogP contribution is -2.44. The maximum Gasteiger partial charge on any atom is 0.393 e. The normalized spacial score (nSPS) is 13.1. The van der Waals surface area contributed by atoms with E-state index < -0.39 is 14.4 Å². The fourth-order valence-corrected chi connectivity index (χ4v) is 1.93. The van der Waals surface area contributed by atoms with Crippen molar-refractivity contribution >= 4 is 20.4 Å². The van der Waals surface area contributed by atoms with Gasteiger partial charge in [0.15, 0.2) is 0 Å². The molecule has 1 amide bonds. The highest BCUT2D eigenvalue weighted by molar-refractivity contribution is 6.71. The molecular formula is C12H25NO4Si. The highest BCUT2D eigenvalue weighted by Gasteiger charge is 2.25. The number of nitrogens with one attached hydrogen (secondary N) is 1. The molecule has 0 aromatic carbocycles. The molecule has 0 saturated carbocycles. The van der Waals surface area contributed by atoms with Crippen molar-refractivity contribution in [2.24, 2.45) is 5.92 Å². The lowest BCUT2D eigenvalue weighted by Gasteiger charge is -2.24. The molecule has 0 heterocycles. The van der Waals surface area contributed by atoms with Gasteiger partial charge in [0, 0.05) is 6.04 Å². The Bertz CT molecular complexity index is 286. The van der Waals surface area contributed by atoms with Crippen LogP contribution in [0.5, 0.6) is 0 Å². The Morgan fingerprint density at radius 2 is 1.78 bits per heavy atom. The number of carbonyl (C=O) groups is 2. The summed E-state index contributed by atoms with van der Waals surface area (Å²) in [5.74, 6) is -0.159. The van der Waals surface area contributed by atoms with Crippen molar-refractivity contribution in [2.45, 2.75) is 52.9 Å². The molecule has 0 bridgehead atoms. The average Bonchev–Trinajstić information content (AvgIpc) is 2.13. The number of hydrogen-bond donors (Lipinski definition) is 1. The van der Waals surface area contributed by atoms with Gasteiger partial charge in [-0.1, -0.05) is 13.8 Å². The van der Waals surface area contributed by atoms with Crippen LogP contribution in [-0.4, -0.2) is 33.0 Å². The Morgan fingerprint density at radius 1 is 1.22 bits per heavy atom. The van der Waals surface area contributed by atoms with Crippen molar-refractivity contribution in [3.8, 4) is 0 Å². The van der Waals surface area contributed by atoms with Gasteiger partial charge in [-0.15, -0.1) is 0 Å². The molecule has 1 N–H and O–H groups in total. The van der Waals surface area contributed by atoms with E-state index in [1.54, 1.807) is 6.92 Å². The largest absolute Gasteiger partial charge is 0.504 e. The predicted molar refractivity (Wildman–Crippen MR) is 72.8 cm³/mol. The van der Waals surface area contributed by atoms with Crippen LogP contribution in [0.3, 0.4) is 0 Å². The molecule has 0 fully saturated rings. The van der Waals surface area contributed by atoms with Crippen molar-refractivity contribution in [1.29, 1.82) is 0 Å². The minimum Gasteiger partial charge on any atom is -0.504 e. The molecule has 0 aliphatic rings. The first-order valence-corrected chi connectivity index (χ1v) is 9.71. The van der Waals surface area contributed by atoms with Gasteiger partial charge in [-0.05, 0) is 32.5 Å². The second-order valence-electron chi connectivity index (χ2n) is 5.51. The Morgan fingerprint density at radius 3 is 2.17 bits per heavy atom. The van der Waals surface area contributed by atoms with Crippen molar-refractivity contribution in [2.75, 3.05) is 6.61 Å². The van der Waals surface area contributed by atoms with Crippen LogP contribution in [0.15, 0.2) is 0 Å². The van der Waals surface area contributed by atoms with Crippen LogP contribution < -0.4 is 5.32 Å². The van der Waals surface area contributed by atoms with Crippen LogP contribution >= 0.6 is 0 Å². The number of ether oxygens (including phenoxy) is 1. The molecule has 0 rings (SSSR count). The van der Waals surface area contributed by atoms with E-state index >= 15 is 0 Å². The topological polar surface area (TPSA) is 64.6 Å². The predicted octanol–water partition coefficient (Wildman–Crippen LogP) is 2.53. The molecule has 18 heavy (non-hydrogen) atoms. The highest BCUT2D eigenvalue weighted by Crippen LogP contribution is 2.09. The molecule has 0 aliphatic carbocycles. The Balaban J connectivity index is 4.36. The Kier molecular flexibility index (Phi) is 6.98. The van der Waals surface area contributed by atoms with Crippen molar-refractivity contribution in [1.82, 2.24) is 5.32 Å². The van der Waals surface area contributed by atoms with Gasteiger partial charge in [0.25, 0.3) is 0 Å². The van der Waals surface area contributed by atoms with Crippen molar-refractivity contribution < 1.29 is 18.8 Å². The van der Waals surface area contributed by atoms with Gasteiger partial charge < -0.3 is 14.5 Å². The standard InChI is InChI=1S/C12H25NO4Si/c1-7-16-11(14)8-10(9(2)3)13-12(15)17-18(4,5)6/h9-10H,7-8H2,1-6H3,(H,13,15). The first-order valence-electron chi connectivity index (χ1n) is 6.30. The molecular weight excluding hydrogens is 250 g/mol. The van der Waals surface area contributed by atoms with Gasteiger partial charge in [0.2, 0.25) is 8.32 Å². The van der Waals surface area contributed by atoms with Crippen LogP contribution in [0.4, 0.5) is 4.79 Å². The van der Waals surface area contributed by atoms with E-state index in [4.69, 9.17) is 9.16 Å². The summed E-state index contributed by atoms with van der Waals surface area (Å²) >= 11 is 0. The lowest BCUT2D eigenvalue weighted by molar-refractivity contribution is -0.143. The van der Waals surface area contributed by atoms with E-state index in [1.807, 2.05) is 33.5 Å². The number of esters is 1. The molecule has 0 spiro atoms. The van der Waals surface area contributed by atoms with Gasteiger partial charge in [0.05, 0.1) is 13.0 Å². The second-order valence-corrected chi connectivity index (χ2v) is 9.93. The minimum absolute atomic E-state index is 0.142. The number of amides is 1. The first kappa shape index (κ1) is 17.0. The smallest absolute Gasteiger partial charge is 0.393 e. The van der Waals surface area contributed by atoms with Gasteiger partial charge in [-0.2, -0.15) is 0 Å². The number of hydrogen-bond acceptors (Lipinski definition) is 4. The van der Waals surface area contributed by atoms with Gasteiger partial charge in [-0.3, -0.25) is 4.79 Å². The summed E-state index contributed by atoms with van der Waals surface area (Å²) in [6.45, 7) is 11.8. The zero-order valence-corrected chi connectivity index (χ0v) is 13.2. The maximum atomic E-state index is 11.7. The van der Waals surface area contributed by atoms with Gasteiger partial charge >= 0.3 is 12.1 Å². The first-order chi connectivity index (χ1) is 8.15. The van der Waals surface area contributed by atoms with Gasteiger partial charge in [-0.25, -0.2) is 4.79 Å². The summed E-state index contributed by atoms with van der Waals surface area (Å²) in [7, 11) is -1.91. The van der Waals surface area contributed by atoms with Crippen LogP contribution in [0.25, 0.3) is 0 Å². The molecule has 1 unspecified atom stereocenters. The maximum absolute atomic E-state index is 11.7. The molecule has 0 aromatic heterocycles. The van der Waals surface area contributed by atoms with Crippen LogP contribution in [-0.2, 0) is 14.0 Å². The highest BCUT2D eigenvalue weighted by atomic mass is 28.4. The monoisotopic (exact) mass is 275 g/mol. The van der Waals surface area contributed by atoms with Crippen LogP contribution in [0.2, 0.25) is 19.6 Å². The molecule has 5 nitrogen and oxygen atoms in total. The molecule has 6 heteroatoms. The van der Waals surface area contributed by atoms with E-state index in [-0.39, 0.29) is 24.3 Å². The molecule has 0 radical (unpaired) electrons. The number of carbonyl (C=O) groups excluding carboxylic acids is 2. The summed E-state index contributed by atoms with van der Waals surface area (Å²) < 4.78 is 10.2. The van der Waals surface area contributed by atoms with Crippen LogP contribution in [0.1, 0.15) is 27.2 Å². The van der Waals surface area contributed by atoms with E-state index in [9.17, 15) is 9.59 Å². The summed E-state index contributed by atoms with van der Waals surface area (Å²) in [6.07, 6.45) is -0.274. The van der Waals surface area contributed by atoms with Crippen molar-refractivity contribution in [3.05, 3.63) is 0 Å². The second kappa shape index (κ2) is 7.40. The summed E-state index contributed by atoms with van der Waals surface area (Å²) in [4.78, 5) is 23.1. The zero-order chi connectivity index (χ0) is 14.3. The third kappa shape index (κ3) is 8.11. The Hall–Kier alpha value is -1.04. The average molecular weight is 275 g/mol. The number of rotatable bonds is 6. The Labute approximate surface area is 110 Å². The quantitative estimate of drug-likeness (QED) is 0.597. The molecule has 0 aromatic rings. The summed E-state index contributed by atoms with van der Waals surface area (Å²) in [5, 5.41) is 2.74. The summed E-state index contributed by atoms with van der Waals surface area (Å²) in [5.41, 5.74) is 0. The SMILES string of the molecule is CCOC(=O)CC(NC(=O)O[Si](C)(C)C)C(C)C. The van der Waals surface area contributed by atoms with E-state index in [0.717, 1.165) is 0 Å². The fourth-order valence-electron chi connectivity index (χ4n) is 1.31. The lowest BCUT2D eigenvalue weighted by atomic mass is 10.0. The van der Waals surface area contributed by atoms with Gasteiger partial charge in [0.1, 0.15) is 0 Å². The zero-order valence-electron chi connectivity index (χ0n) is 12.2. The fraction of sp³-hybridized carbons (Fsp3) is 0.833. The van der Waals surface area contributed by atoms with Crippen molar-refractivity contribution in [3.63, 3.8) is 0 Å². The molecule has 0 saturated heterocycles. The summed E-state index contributed by atoms with van der Waals surface area (Å²) in [6, 6.07) is -0.257. The molecule has 106 valence electrons. The molecule has 1 atom stereocenters. The van der Waals surface area contributed by atoms with E-state index in [2.05, 4.69) is 5.32 Å². The van der Waals surface area contributed by atoms with E-state index in [1.165, 1.54) is 0 Å². The van der Waals surface area contributed by atoms with E-state index in [0.29, 0.717) is 6.61 Å². The molecule has 0 aliphatic heterocycles. The van der Waals surface area contributed by atoms with Crippen LogP contribution in [0, 0.1) is 5.92 Å². The third-order valence-electron chi connectivity index (χ3n) is 2.20. The minimum atomic E-state index is -1.91. The third-order valence-corrected chi connectivity index (χ3v) is 3.00.